The summed E-state index contributed by atoms with van der Waals surface area (Å²) in [5.41, 5.74) is 6.18. The molecule has 0 spiro atoms. The Morgan fingerprint density at radius 1 is 0.875 bits per heavy atom. The van der Waals surface area contributed by atoms with Gasteiger partial charge in [0.15, 0.2) is 11.5 Å². The molecule has 3 heterocycles. The molecule has 11 nitrogen and oxygen atoms in total. The summed E-state index contributed by atoms with van der Waals surface area (Å²) in [6, 6.07) is 24.6. The normalized spacial score (nSPS) is 14.1. The van der Waals surface area contributed by atoms with Crippen LogP contribution >= 0.6 is 0 Å². The molecule has 12 heteroatoms. The first-order valence-electron chi connectivity index (χ1n) is 18.9. The number of anilines is 1. The van der Waals surface area contributed by atoms with Crippen LogP contribution in [0.3, 0.4) is 0 Å². The number of aromatic nitrogens is 2. The number of fused-ring (bicyclic) bond motifs is 2. The molecule has 1 fully saturated rings. The number of hydrogen-bond acceptors (Lipinski definition) is 6. The minimum absolute atomic E-state index is 0.0865. The Hall–Kier alpha value is -6.14. The van der Waals surface area contributed by atoms with Gasteiger partial charge in [-0.3, -0.25) is 19.3 Å². The molecule has 1 saturated heterocycles. The van der Waals surface area contributed by atoms with E-state index in [1.165, 1.54) is 29.8 Å². The average molecular weight is 759 g/mol. The van der Waals surface area contributed by atoms with Crippen LogP contribution in [0, 0.1) is 5.82 Å². The molecule has 7 rings (SSSR count). The number of rotatable bonds is 14. The molecule has 0 aliphatic carbocycles. The molecule has 56 heavy (non-hydrogen) atoms. The molecule has 4 aromatic carbocycles. The van der Waals surface area contributed by atoms with Crippen molar-refractivity contribution in [2.75, 3.05) is 45.7 Å². The van der Waals surface area contributed by atoms with Crippen LogP contribution in [0.1, 0.15) is 52.7 Å². The van der Waals surface area contributed by atoms with Crippen molar-refractivity contribution in [2.24, 2.45) is 0 Å². The highest BCUT2D eigenvalue weighted by Gasteiger charge is 2.26. The minimum Gasteiger partial charge on any atom is -0.493 e. The predicted octanol–water partition coefficient (Wildman–Crippen LogP) is 7.01. The molecule has 2 aromatic heterocycles. The minimum atomic E-state index is -0.392. The van der Waals surface area contributed by atoms with Crippen LogP contribution in [0.2, 0.25) is 0 Å². The van der Waals surface area contributed by atoms with Crippen LogP contribution in [0.25, 0.3) is 21.8 Å². The van der Waals surface area contributed by atoms with Crippen molar-refractivity contribution in [1.82, 2.24) is 25.1 Å². The van der Waals surface area contributed by atoms with Gasteiger partial charge in [0.1, 0.15) is 5.82 Å². The number of nitrogens with zero attached hydrogens (tertiary/aromatic N) is 2. The first-order chi connectivity index (χ1) is 27.2. The molecule has 1 aliphatic rings. The van der Waals surface area contributed by atoms with Crippen LogP contribution in [0.5, 0.6) is 11.5 Å². The molecule has 0 radical (unpaired) electrons. The molecular weight excluding hydrogens is 712 g/mol. The topological polar surface area (TPSA) is 132 Å². The summed E-state index contributed by atoms with van der Waals surface area (Å²) in [5, 5.41) is 8.35. The number of carbonyl (C=O) groups is 3. The SMILES string of the molecule is COc1ccc(CN(C[C@@H](Cc2c[nH]c3ccccc23)NC(=O)CN2CCC(c3c[nH]c4ccc(NC(=O)c5ccc(F)cc5)cc34)CC2)C(C)=O)cc1OC. The van der Waals surface area contributed by atoms with Gasteiger partial charge in [0.2, 0.25) is 11.8 Å². The fourth-order valence-electron chi connectivity index (χ4n) is 7.74. The van der Waals surface area contributed by atoms with E-state index >= 15 is 0 Å². The number of piperidine rings is 1. The van der Waals surface area contributed by atoms with Crippen LogP contribution in [0.4, 0.5) is 10.1 Å². The van der Waals surface area contributed by atoms with E-state index in [0.717, 1.165) is 58.9 Å². The molecule has 3 amide bonds. The molecule has 0 bridgehead atoms. The second-order valence-electron chi connectivity index (χ2n) is 14.4. The Morgan fingerprint density at radius 2 is 1.61 bits per heavy atom. The number of carbonyl (C=O) groups excluding carboxylic acids is 3. The van der Waals surface area contributed by atoms with Gasteiger partial charge < -0.3 is 35.0 Å². The van der Waals surface area contributed by atoms with Crippen molar-refractivity contribution >= 4 is 45.2 Å². The van der Waals surface area contributed by atoms with Gasteiger partial charge in [-0.1, -0.05) is 24.3 Å². The number of benzene rings is 4. The van der Waals surface area contributed by atoms with Crippen molar-refractivity contribution in [3.05, 3.63) is 125 Å². The molecule has 290 valence electrons. The summed E-state index contributed by atoms with van der Waals surface area (Å²) in [6.45, 7) is 3.97. The van der Waals surface area contributed by atoms with Crippen molar-refractivity contribution in [3.63, 3.8) is 0 Å². The lowest BCUT2D eigenvalue weighted by Gasteiger charge is -2.32. The number of aromatic amines is 2. The number of hydrogen-bond donors (Lipinski definition) is 4. The third kappa shape index (κ3) is 8.87. The number of amides is 3. The van der Waals surface area contributed by atoms with Crippen molar-refractivity contribution in [2.45, 2.75) is 44.7 Å². The maximum Gasteiger partial charge on any atom is 0.255 e. The zero-order valence-corrected chi connectivity index (χ0v) is 31.9. The molecular formula is C44H47FN6O5. The van der Waals surface area contributed by atoms with Crippen LogP contribution in [0.15, 0.2) is 97.3 Å². The van der Waals surface area contributed by atoms with E-state index in [1.54, 1.807) is 26.0 Å². The van der Waals surface area contributed by atoms with Crippen molar-refractivity contribution in [1.29, 1.82) is 0 Å². The number of ether oxygens (including phenoxy) is 2. The summed E-state index contributed by atoms with van der Waals surface area (Å²) >= 11 is 0. The highest BCUT2D eigenvalue weighted by molar-refractivity contribution is 6.05. The fourth-order valence-corrected chi connectivity index (χ4v) is 7.74. The molecule has 6 aromatic rings. The quantitative estimate of drug-likeness (QED) is 0.0946. The zero-order chi connectivity index (χ0) is 39.2. The van der Waals surface area contributed by atoms with E-state index in [9.17, 15) is 18.8 Å². The highest BCUT2D eigenvalue weighted by Crippen LogP contribution is 2.35. The van der Waals surface area contributed by atoms with E-state index in [-0.39, 0.29) is 36.2 Å². The molecule has 0 saturated carbocycles. The Bertz CT molecular complexity index is 2330. The summed E-state index contributed by atoms with van der Waals surface area (Å²) < 4.78 is 24.3. The van der Waals surface area contributed by atoms with E-state index in [0.29, 0.717) is 42.3 Å². The maximum atomic E-state index is 13.8. The monoisotopic (exact) mass is 758 g/mol. The van der Waals surface area contributed by atoms with Gasteiger partial charge in [-0.05, 0) is 116 Å². The number of nitrogens with one attached hydrogen (secondary N) is 4. The second kappa shape index (κ2) is 17.1. The Labute approximate surface area is 325 Å². The van der Waals surface area contributed by atoms with Gasteiger partial charge in [0, 0.05) is 65.5 Å². The molecule has 1 aliphatic heterocycles. The van der Waals surface area contributed by atoms with Crippen LogP contribution in [-0.2, 0) is 22.6 Å². The lowest BCUT2D eigenvalue weighted by atomic mass is 9.89. The summed E-state index contributed by atoms with van der Waals surface area (Å²) in [5.74, 6) is 0.597. The fraction of sp³-hybridized carbons (Fsp3) is 0.295. The van der Waals surface area contributed by atoms with Gasteiger partial charge >= 0.3 is 0 Å². The van der Waals surface area contributed by atoms with E-state index < -0.39 is 5.82 Å². The van der Waals surface area contributed by atoms with Crippen molar-refractivity contribution < 1.29 is 28.2 Å². The zero-order valence-electron chi connectivity index (χ0n) is 31.9. The smallest absolute Gasteiger partial charge is 0.255 e. The van der Waals surface area contributed by atoms with Crippen LogP contribution < -0.4 is 20.1 Å². The highest BCUT2D eigenvalue weighted by atomic mass is 19.1. The van der Waals surface area contributed by atoms with E-state index in [4.69, 9.17) is 9.47 Å². The van der Waals surface area contributed by atoms with E-state index in [1.807, 2.05) is 67.0 Å². The van der Waals surface area contributed by atoms with Gasteiger partial charge in [-0.2, -0.15) is 0 Å². The molecule has 1 atom stereocenters. The Kier molecular flexibility index (Phi) is 11.7. The van der Waals surface area contributed by atoms with Crippen molar-refractivity contribution in [3.8, 4) is 11.5 Å². The Morgan fingerprint density at radius 3 is 2.36 bits per heavy atom. The largest absolute Gasteiger partial charge is 0.493 e. The van der Waals surface area contributed by atoms with E-state index in [2.05, 4.69) is 31.6 Å². The van der Waals surface area contributed by atoms with Crippen LogP contribution in [-0.4, -0.2) is 83.9 Å². The van der Waals surface area contributed by atoms with Gasteiger partial charge in [-0.15, -0.1) is 0 Å². The number of methoxy groups -OCH3 is 2. The maximum absolute atomic E-state index is 13.8. The first kappa shape index (κ1) is 38.1. The lowest BCUT2D eigenvalue weighted by Crippen LogP contribution is -2.49. The van der Waals surface area contributed by atoms with Gasteiger partial charge in [0.05, 0.1) is 26.8 Å². The molecule has 4 N–H and O–H groups in total. The summed E-state index contributed by atoms with van der Waals surface area (Å²) in [4.78, 5) is 50.2. The summed E-state index contributed by atoms with van der Waals surface area (Å²) in [6.07, 6.45) is 6.30. The van der Waals surface area contributed by atoms with Gasteiger partial charge in [-0.25, -0.2) is 4.39 Å². The Balaban J connectivity index is 1.00. The second-order valence-corrected chi connectivity index (χ2v) is 14.4. The first-order valence-corrected chi connectivity index (χ1v) is 18.9. The standard InChI is InChI=1S/C44H47FN6O5/c1-28(52)51(25-29-8-15-41(55-2)42(20-29)56-3)26-35(21-32-23-46-39-7-5-4-6-36(32)39)48-43(53)27-50-18-16-30(17-19-50)38-24-47-40-14-13-34(22-37(38)40)49-44(54)31-9-11-33(45)12-10-31/h4-15,20,22-24,30,35,46-47H,16-19,21,25-27H2,1-3H3,(H,48,53)(H,49,54)/t35-/m1/s1. The molecule has 0 unspecified atom stereocenters. The van der Waals surface area contributed by atoms with Gasteiger partial charge in [0.25, 0.3) is 5.91 Å². The predicted molar refractivity (Wildman–Crippen MR) is 216 cm³/mol. The average Bonchev–Trinajstić information content (AvgIpc) is 3.82. The number of para-hydroxylation sites is 1. The summed E-state index contributed by atoms with van der Waals surface area (Å²) in [7, 11) is 3.17. The lowest BCUT2D eigenvalue weighted by molar-refractivity contribution is -0.131. The number of halogens is 1. The number of likely N-dealkylation sites (tertiary alicyclic amines) is 1. The third-order valence-electron chi connectivity index (χ3n) is 10.7. The number of H-pyrrole nitrogens is 2. The third-order valence-corrected chi connectivity index (χ3v) is 10.7.